The molecule has 1 fully saturated rings. The van der Waals surface area contributed by atoms with Crippen molar-refractivity contribution in [1.82, 2.24) is 30.5 Å². The highest BCUT2D eigenvalue weighted by molar-refractivity contribution is 6.33. The van der Waals surface area contributed by atoms with Gasteiger partial charge in [-0.3, -0.25) is 5.10 Å². The molecule has 1 saturated heterocycles. The lowest BCUT2D eigenvalue weighted by molar-refractivity contribution is 0.0302. The zero-order valence-corrected chi connectivity index (χ0v) is 17.4. The number of aryl methyl sites for hydroxylation is 1. The molecule has 0 saturated carbocycles. The van der Waals surface area contributed by atoms with E-state index < -0.39 is 5.82 Å². The molecule has 0 spiro atoms. The molecule has 0 unspecified atom stereocenters. The Bertz CT molecular complexity index is 1280. The second kappa shape index (κ2) is 7.88. The number of aromatic nitrogens is 5. The highest BCUT2D eigenvalue weighted by Crippen LogP contribution is 2.39. The van der Waals surface area contributed by atoms with Gasteiger partial charge in [-0.1, -0.05) is 11.6 Å². The monoisotopic (exact) mass is 444 g/mol. The number of H-pyrrole nitrogens is 1. The number of methoxy groups -OCH3 is 1. The van der Waals surface area contributed by atoms with Gasteiger partial charge in [-0.2, -0.15) is 15.1 Å². The number of aromatic amines is 1. The second-order valence-corrected chi connectivity index (χ2v) is 7.51. The first-order valence-electron chi connectivity index (χ1n) is 9.57. The van der Waals surface area contributed by atoms with Gasteiger partial charge in [0, 0.05) is 37.8 Å². The Kier molecular flexibility index (Phi) is 5.05. The van der Waals surface area contributed by atoms with Gasteiger partial charge in [-0.05, 0) is 13.0 Å². The van der Waals surface area contributed by atoms with Crippen molar-refractivity contribution in [2.24, 2.45) is 0 Å². The van der Waals surface area contributed by atoms with E-state index in [0.717, 1.165) is 5.39 Å². The van der Waals surface area contributed by atoms with E-state index in [1.807, 2.05) is 6.92 Å². The molecule has 0 bridgehead atoms. The SMILES string of the molecule is CO[C@@H]1CNC[C@H]1Oc1nc(C)c2ccnc(Oc3c(Cl)c(F)cc4[nH]ncc34)c2n1. The van der Waals surface area contributed by atoms with Crippen LogP contribution in [-0.4, -0.2) is 57.6 Å². The number of benzene rings is 1. The molecule has 31 heavy (non-hydrogen) atoms. The molecule has 2 atom stereocenters. The molecule has 9 nitrogen and oxygen atoms in total. The zero-order valence-electron chi connectivity index (χ0n) is 16.6. The van der Waals surface area contributed by atoms with E-state index in [1.165, 1.54) is 12.3 Å². The third kappa shape index (κ3) is 3.52. The smallest absolute Gasteiger partial charge is 0.317 e. The third-order valence-corrected chi connectivity index (χ3v) is 5.56. The van der Waals surface area contributed by atoms with Crippen LogP contribution in [0.4, 0.5) is 4.39 Å². The molecule has 3 aromatic heterocycles. The Morgan fingerprint density at radius 1 is 1.19 bits per heavy atom. The molecular weight excluding hydrogens is 427 g/mol. The van der Waals surface area contributed by atoms with Crippen molar-refractivity contribution >= 4 is 33.4 Å². The Morgan fingerprint density at radius 3 is 2.87 bits per heavy atom. The molecule has 4 heterocycles. The third-order valence-electron chi connectivity index (χ3n) is 5.21. The normalized spacial score (nSPS) is 18.7. The van der Waals surface area contributed by atoms with Crippen LogP contribution < -0.4 is 14.8 Å². The summed E-state index contributed by atoms with van der Waals surface area (Å²) < 4.78 is 31.7. The summed E-state index contributed by atoms with van der Waals surface area (Å²) in [6.45, 7) is 3.14. The van der Waals surface area contributed by atoms with E-state index in [2.05, 4.69) is 30.5 Å². The summed E-state index contributed by atoms with van der Waals surface area (Å²) in [5.74, 6) is -0.387. The van der Waals surface area contributed by atoms with E-state index in [-0.39, 0.29) is 34.9 Å². The fourth-order valence-electron chi connectivity index (χ4n) is 3.61. The first-order valence-corrected chi connectivity index (χ1v) is 9.95. The van der Waals surface area contributed by atoms with Crippen LogP contribution in [-0.2, 0) is 4.74 Å². The van der Waals surface area contributed by atoms with Crippen molar-refractivity contribution in [3.05, 3.63) is 41.1 Å². The summed E-state index contributed by atoms with van der Waals surface area (Å²) >= 11 is 6.19. The van der Waals surface area contributed by atoms with E-state index in [4.69, 9.17) is 25.8 Å². The lowest BCUT2D eigenvalue weighted by Gasteiger charge is -2.18. The second-order valence-electron chi connectivity index (χ2n) is 7.13. The lowest BCUT2D eigenvalue weighted by Crippen LogP contribution is -2.32. The number of rotatable bonds is 5. The molecule has 0 radical (unpaired) electrons. The molecule has 2 N–H and O–H groups in total. The molecule has 5 rings (SSSR count). The molecule has 4 aromatic rings. The van der Waals surface area contributed by atoms with Crippen LogP contribution in [0.5, 0.6) is 17.6 Å². The summed E-state index contributed by atoms with van der Waals surface area (Å²) in [5, 5.41) is 10.9. The van der Waals surface area contributed by atoms with Gasteiger partial charge in [0.1, 0.15) is 28.6 Å². The summed E-state index contributed by atoms with van der Waals surface area (Å²) in [5.41, 5.74) is 1.55. The number of hydrogen-bond donors (Lipinski definition) is 2. The average Bonchev–Trinajstić information content (AvgIpc) is 3.40. The fourth-order valence-corrected chi connectivity index (χ4v) is 3.80. The Labute approximate surface area is 180 Å². The Hall–Kier alpha value is -3.08. The van der Waals surface area contributed by atoms with Gasteiger partial charge in [0.15, 0.2) is 5.75 Å². The topological polar surface area (TPSA) is 107 Å². The van der Waals surface area contributed by atoms with Gasteiger partial charge < -0.3 is 19.5 Å². The lowest BCUT2D eigenvalue weighted by atomic mass is 10.2. The molecular formula is C20H18ClFN6O3. The van der Waals surface area contributed by atoms with Crippen LogP contribution in [0.25, 0.3) is 21.8 Å². The number of nitrogens with zero attached hydrogens (tertiary/aromatic N) is 4. The number of halogens is 2. The van der Waals surface area contributed by atoms with Crippen LogP contribution >= 0.6 is 11.6 Å². The average molecular weight is 445 g/mol. The Morgan fingerprint density at radius 2 is 2.03 bits per heavy atom. The first-order chi connectivity index (χ1) is 15.0. The van der Waals surface area contributed by atoms with Crippen LogP contribution in [0.1, 0.15) is 5.69 Å². The summed E-state index contributed by atoms with van der Waals surface area (Å²) in [7, 11) is 1.63. The van der Waals surface area contributed by atoms with Crippen molar-refractivity contribution in [3.8, 4) is 17.6 Å². The number of hydrogen-bond acceptors (Lipinski definition) is 8. The maximum Gasteiger partial charge on any atom is 0.317 e. The maximum absolute atomic E-state index is 14.3. The minimum Gasteiger partial charge on any atom is -0.456 e. The summed E-state index contributed by atoms with van der Waals surface area (Å²) in [6.07, 6.45) is 2.74. The fraction of sp³-hybridized carbons (Fsp3) is 0.300. The van der Waals surface area contributed by atoms with Crippen LogP contribution in [0.2, 0.25) is 5.02 Å². The van der Waals surface area contributed by atoms with Gasteiger partial charge in [0.05, 0.1) is 22.8 Å². The maximum atomic E-state index is 14.3. The van der Waals surface area contributed by atoms with Gasteiger partial charge in [-0.15, -0.1) is 0 Å². The van der Waals surface area contributed by atoms with Crippen LogP contribution in [0.3, 0.4) is 0 Å². The van der Waals surface area contributed by atoms with Crippen molar-refractivity contribution < 1.29 is 18.6 Å². The highest BCUT2D eigenvalue weighted by atomic mass is 35.5. The Balaban J connectivity index is 1.58. The van der Waals surface area contributed by atoms with Crippen molar-refractivity contribution in [2.75, 3.05) is 20.2 Å². The first kappa shape index (κ1) is 19.9. The zero-order chi connectivity index (χ0) is 21.5. The van der Waals surface area contributed by atoms with Gasteiger partial charge in [0.2, 0.25) is 5.88 Å². The minimum atomic E-state index is -0.636. The highest BCUT2D eigenvalue weighted by Gasteiger charge is 2.30. The molecule has 0 amide bonds. The molecule has 1 aliphatic heterocycles. The van der Waals surface area contributed by atoms with E-state index in [1.54, 1.807) is 19.4 Å². The molecule has 1 aromatic carbocycles. The van der Waals surface area contributed by atoms with Crippen molar-refractivity contribution in [1.29, 1.82) is 0 Å². The largest absolute Gasteiger partial charge is 0.456 e. The van der Waals surface area contributed by atoms with Crippen LogP contribution in [0, 0.1) is 12.7 Å². The number of nitrogens with one attached hydrogen (secondary N) is 2. The van der Waals surface area contributed by atoms with Gasteiger partial charge in [-0.25, -0.2) is 9.37 Å². The predicted molar refractivity (Wildman–Crippen MR) is 111 cm³/mol. The molecule has 11 heteroatoms. The molecule has 1 aliphatic rings. The van der Waals surface area contributed by atoms with Crippen molar-refractivity contribution in [2.45, 2.75) is 19.1 Å². The molecule has 160 valence electrons. The van der Waals surface area contributed by atoms with Crippen molar-refractivity contribution in [3.63, 3.8) is 0 Å². The van der Waals surface area contributed by atoms with E-state index >= 15 is 0 Å². The quantitative estimate of drug-likeness (QED) is 0.483. The van der Waals surface area contributed by atoms with Gasteiger partial charge >= 0.3 is 6.01 Å². The number of ether oxygens (including phenoxy) is 3. The number of fused-ring (bicyclic) bond motifs is 2. The summed E-state index contributed by atoms with van der Waals surface area (Å²) in [4.78, 5) is 13.3. The minimum absolute atomic E-state index is 0.101. The van der Waals surface area contributed by atoms with Crippen LogP contribution in [0.15, 0.2) is 24.5 Å². The standard InChI is InChI=1S/C20H18ClFN6O3/c1-9-10-3-4-24-19(31-18-11-6-25-28-13(11)5-12(22)16(18)21)17(10)27-20(26-9)30-15-8-23-7-14(15)29-2/h3-6,14-15,23H,7-8H2,1-2H3,(H,25,28)/t14-,15-/m1/s1. The number of pyridine rings is 1. The molecule has 0 aliphatic carbocycles. The van der Waals surface area contributed by atoms with E-state index in [0.29, 0.717) is 35.2 Å². The van der Waals surface area contributed by atoms with E-state index in [9.17, 15) is 4.39 Å². The van der Waals surface area contributed by atoms with Gasteiger partial charge in [0.25, 0.3) is 0 Å². The summed E-state index contributed by atoms with van der Waals surface area (Å²) in [6, 6.07) is 3.21. The predicted octanol–water partition coefficient (Wildman–Crippen LogP) is 3.16.